The summed E-state index contributed by atoms with van der Waals surface area (Å²) >= 11 is 0. The first-order chi connectivity index (χ1) is 7.27. The second-order valence-electron chi connectivity index (χ2n) is 3.61. The van der Waals surface area contributed by atoms with E-state index >= 15 is 0 Å². The molecule has 4 nitrogen and oxygen atoms in total. The molecule has 0 aliphatic rings. The molecular weight excluding hydrogens is 190 g/mol. The molecule has 1 atom stereocenters. The average molecular weight is 209 g/mol. The smallest absolute Gasteiger partial charge is 0.253 e. The molecule has 0 amide bonds. The SMILES string of the molecule is CCCC(Cn1cnccc1=O)NCC. The van der Waals surface area contributed by atoms with E-state index in [0.717, 1.165) is 19.4 Å². The van der Waals surface area contributed by atoms with Crippen molar-refractivity contribution >= 4 is 0 Å². The summed E-state index contributed by atoms with van der Waals surface area (Å²) in [4.78, 5) is 15.4. The van der Waals surface area contributed by atoms with E-state index < -0.39 is 0 Å². The Kier molecular flexibility index (Phi) is 5.04. The number of nitrogens with one attached hydrogen (secondary N) is 1. The fourth-order valence-corrected chi connectivity index (χ4v) is 1.65. The third-order valence-corrected chi connectivity index (χ3v) is 2.34. The molecule has 0 spiro atoms. The summed E-state index contributed by atoms with van der Waals surface area (Å²) in [5, 5.41) is 3.37. The van der Waals surface area contributed by atoms with Crippen LogP contribution in [0.2, 0.25) is 0 Å². The highest BCUT2D eigenvalue weighted by atomic mass is 16.1. The van der Waals surface area contributed by atoms with Gasteiger partial charge in [-0.1, -0.05) is 20.3 Å². The van der Waals surface area contributed by atoms with Gasteiger partial charge < -0.3 is 5.32 Å². The van der Waals surface area contributed by atoms with E-state index in [0.29, 0.717) is 12.6 Å². The minimum atomic E-state index is 0.0176. The Hall–Kier alpha value is -1.16. The van der Waals surface area contributed by atoms with Crippen LogP contribution < -0.4 is 10.9 Å². The molecule has 0 aliphatic carbocycles. The Morgan fingerprint density at radius 1 is 1.53 bits per heavy atom. The topological polar surface area (TPSA) is 46.9 Å². The van der Waals surface area contributed by atoms with Crippen LogP contribution in [-0.4, -0.2) is 22.1 Å². The summed E-state index contributed by atoms with van der Waals surface area (Å²) in [6, 6.07) is 1.86. The van der Waals surface area contributed by atoms with E-state index in [9.17, 15) is 4.79 Å². The van der Waals surface area contributed by atoms with Crippen LogP contribution in [0.3, 0.4) is 0 Å². The molecule has 0 radical (unpaired) electrons. The summed E-state index contributed by atoms with van der Waals surface area (Å²) < 4.78 is 1.66. The largest absolute Gasteiger partial charge is 0.312 e. The Morgan fingerprint density at radius 3 is 2.93 bits per heavy atom. The number of aromatic nitrogens is 2. The quantitative estimate of drug-likeness (QED) is 0.761. The van der Waals surface area contributed by atoms with Gasteiger partial charge >= 0.3 is 0 Å². The lowest BCUT2D eigenvalue weighted by molar-refractivity contribution is 0.421. The number of likely N-dealkylation sites (N-methyl/N-ethyl adjacent to an activating group) is 1. The first-order valence-corrected chi connectivity index (χ1v) is 5.51. The van der Waals surface area contributed by atoms with Gasteiger partial charge in [0.05, 0.1) is 6.33 Å². The van der Waals surface area contributed by atoms with Crippen molar-refractivity contribution in [3.05, 3.63) is 28.9 Å². The van der Waals surface area contributed by atoms with Crippen LogP contribution in [-0.2, 0) is 6.54 Å². The van der Waals surface area contributed by atoms with Crippen LogP contribution in [0.1, 0.15) is 26.7 Å². The highest BCUT2D eigenvalue weighted by Gasteiger charge is 2.07. The molecule has 0 fully saturated rings. The van der Waals surface area contributed by atoms with Gasteiger partial charge in [0.2, 0.25) is 0 Å². The number of rotatable bonds is 6. The molecule has 0 aromatic carbocycles. The molecule has 0 saturated carbocycles. The van der Waals surface area contributed by atoms with Crippen molar-refractivity contribution in [1.29, 1.82) is 0 Å². The second-order valence-corrected chi connectivity index (χ2v) is 3.61. The van der Waals surface area contributed by atoms with E-state index in [1.165, 1.54) is 12.3 Å². The lowest BCUT2D eigenvalue weighted by Crippen LogP contribution is -2.36. The van der Waals surface area contributed by atoms with Crippen LogP contribution in [0.4, 0.5) is 0 Å². The molecule has 0 bridgehead atoms. The highest BCUT2D eigenvalue weighted by Crippen LogP contribution is 1.98. The summed E-state index contributed by atoms with van der Waals surface area (Å²) in [5.74, 6) is 0. The zero-order valence-corrected chi connectivity index (χ0v) is 9.44. The van der Waals surface area contributed by atoms with Crippen LogP contribution in [0.25, 0.3) is 0 Å². The van der Waals surface area contributed by atoms with Crippen molar-refractivity contribution in [3.8, 4) is 0 Å². The maximum atomic E-state index is 11.5. The van der Waals surface area contributed by atoms with Gasteiger partial charge in [0, 0.05) is 24.8 Å². The Morgan fingerprint density at radius 2 is 2.33 bits per heavy atom. The summed E-state index contributed by atoms with van der Waals surface area (Å²) in [5.41, 5.74) is 0.0176. The van der Waals surface area contributed by atoms with Gasteiger partial charge in [-0.25, -0.2) is 4.98 Å². The highest BCUT2D eigenvalue weighted by molar-refractivity contribution is 4.83. The van der Waals surface area contributed by atoms with Crippen molar-refractivity contribution in [2.45, 2.75) is 39.3 Å². The predicted octanol–water partition coefficient (Wildman–Crippen LogP) is 1.02. The van der Waals surface area contributed by atoms with Crippen LogP contribution in [0, 0.1) is 0 Å². The maximum Gasteiger partial charge on any atom is 0.253 e. The number of hydrogen-bond acceptors (Lipinski definition) is 3. The number of nitrogens with zero attached hydrogens (tertiary/aromatic N) is 2. The zero-order chi connectivity index (χ0) is 11.1. The van der Waals surface area contributed by atoms with Gasteiger partial charge in [-0.2, -0.15) is 0 Å². The molecule has 0 saturated heterocycles. The fraction of sp³-hybridized carbons (Fsp3) is 0.636. The molecule has 1 heterocycles. The molecule has 1 unspecified atom stereocenters. The third kappa shape index (κ3) is 3.83. The lowest BCUT2D eigenvalue weighted by atomic mass is 10.1. The second kappa shape index (κ2) is 6.35. The summed E-state index contributed by atoms with van der Waals surface area (Å²) in [7, 11) is 0. The molecular formula is C11H19N3O. The lowest BCUT2D eigenvalue weighted by Gasteiger charge is -2.17. The van der Waals surface area contributed by atoms with Crippen molar-refractivity contribution in [2.75, 3.05) is 6.54 Å². The summed E-state index contributed by atoms with van der Waals surface area (Å²) in [6.45, 7) is 5.86. The van der Waals surface area contributed by atoms with Crippen molar-refractivity contribution < 1.29 is 0 Å². The molecule has 1 rings (SSSR count). The van der Waals surface area contributed by atoms with Gasteiger partial charge in [0.1, 0.15) is 0 Å². The molecule has 1 aromatic rings. The van der Waals surface area contributed by atoms with Gasteiger partial charge in [-0.3, -0.25) is 9.36 Å². The molecule has 84 valence electrons. The Balaban J connectivity index is 2.65. The van der Waals surface area contributed by atoms with Gasteiger partial charge in [-0.15, -0.1) is 0 Å². The first kappa shape index (κ1) is 11.9. The first-order valence-electron chi connectivity index (χ1n) is 5.51. The van der Waals surface area contributed by atoms with E-state index in [4.69, 9.17) is 0 Å². The molecule has 1 N–H and O–H groups in total. The van der Waals surface area contributed by atoms with Gasteiger partial charge in [0.15, 0.2) is 0 Å². The van der Waals surface area contributed by atoms with E-state index in [1.807, 2.05) is 0 Å². The Bertz CT molecular complexity index is 329. The van der Waals surface area contributed by atoms with E-state index in [1.54, 1.807) is 10.9 Å². The average Bonchev–Trinajstić information content (AvgIpc) is 2.22. The molecule has 4 heteroatoms. The normalized spacial score (nSPS) is 12.7. The standard InChI is InChI=1S/C11H19N3O/c1-3-5-10(13-4-2)8-14-9-12-7-6-11(14)15/h6-7,9-10,13H,3-5,8H2,1-2H3. The van der Waals surface area contributed by atoms with E-state index in [2.05, 4.69) is 24.1 Å². The van der Waals surface area contributed by atoms with Crippen molar-refractivity contribution in [1.82, 2.24) is 14.9 Å². The summed E-state index contributed by atoms with van der Waals surface area (Å²) in [6.07, 6.45) is 5.32. The van der Waals surface area contributed by atoms with Crippen LogP contribution in [0.5, 0.6) is 0 Å². The third-order valence-electron chi connectivity index (χ3n) is 2.34. The fourth-order valence-electron chi connectivity index (χ4n) is 1.65. The van der Waals surface area contributed by atoms with Crippen molar-refractivity contribution in [2.24, 2.45) is 0 Å². The molecule has 15 heavy (non-hydrogen) atoms. The predicted molar refractivity (Wildman–Crippen MR) is 60.9 cm³/mol. The minimum Gasteiger partial charge on any atom is -0.312 e. The molecule has 0 aliphatic heterocycles. The molecule has 1 aromatic heterocycles. The zero-order valence-electron chi connectivity index (χ0n) is 9.44. The maximum absolute atomic E-state index is 11.5. The van der Waals surface area contributed by atoms with Gasteiger partial charge in [0.25, 0.3) is 5.56 Å². The van der Waals surface area contributed by atoms with Crippen LogP contribution in [0.15, 0.2) is 23.4 Å². The minimum absolute atomic E-state index is 0.0176. The monoisotopic (exact) mass is 209 g/mol. The van der Waals surface area contributed by atoms with Gasteiger partial charge in [-0.05, 0) is 13.0 Å². The van der Waals surface area contributed by atoms with Crippen molar-refractivity contribution in [3.63, 3.8) is 0 Å². The van der Waals surface area contributed by atoms with E-state index in [-0.39, 0.29) is 5.56 Å². The Labute approximate surface area is 90.3 Å². The number of hydrogen-bond donors (Lipinski definition) is 1. The van der Waals surface area contributed by atoms with Crippen LogP contribution >= 0.6 is 0 Å².